The van der Waals surface area contributed by atoms with Crippen molar-refractivity contribution in [2.24, 2.45) is 5.73 Å². The van der Waals surface area contributed by atoms with Gasteiger partial charge in [-0.1, -0.05) is 0 Å². The van der Waals surface area contributed by atoms with Gasteiger partial charge in [0, 0.05) is 19.6 Å². The van der Waals surface area contributed by atoms with Crippen LogP contribution in [-0.2, 0) is 4.79 Å². The molecule has 0 bridgehead atoms. The van der Waals surface area contributed by atoms with E-state index in [1.54, 1.807) is 4.90 Å². The van der Waals surface area contributed by atoms with E-state index in [2.05, 4.69) is 5.32 Å². The van der Waals surface area contributed by atoms with Crippen molar-refractivity contribution in [1.29, 1.82) is 0 Å². The average molecular weight is 187 g/mol. The summed E-state index contributed by atoms with van der Waals surface area (Å²) >= 11 is 0. The Balaban J connectivity index is 2.17. The maximum absolute atomic E-state index is 11.1. The first kappa shape index (κ1) is 9.79. The van der Waals surface area contributed by atoms with Crippen LogP contribution in [-0.4, -0.2) is 47.7 Å². The molecule has 4 N–H and O–H groups in total. The first-order chi connectivity index (χ1) is 6.11. The average Bonchev–Trinajstić information content (AvgIpc) is 1.96. The number of nitrogens with two attached hydrogens (primary N) is 1. The van der Waals surface area contributed by atoms with E-state index < -0.39 is 12.0 Å². The smallest absolute Gasteiger partial charge is 0.322 e. The standard InChI is InChI=1S/C7H13N3O3/c8-5(6(11)12)4-9-7(13)10-2-1-3-10/h5H,1-4,8H2,(H,9,13)(H,11,12)/t5-/m0/s1. The predicted octanol–water partition coefficient (Wildman–Crippen LogP) is -1.19. The molecule has 1 atom stereocenters. The first-order valence-electron chi connectivity index (χ1n) is 4.12. The number of urea groups is 1. The molecule has 74 valence electrons. The zero-order valence-corrected chi connectivity index (χ0v) is 7.19. The number of nitrogens with one attached hydrogen (secondary N) is 1. The van der Waals surface area contributed by atoms with Gasteiger partial charge < -0.3 is 21.1 Å². The normalized spacial score (nSPS) is 17.5. The molecular formula is C7H13N3O3. The van der Waals surface area contributed by atoms with Crippen molar-refractivity contribution in [2.75, 3.05) is 19.6 Å². The third kappa shape index (κ3) is 2.59. The van der Waals surface area contributed by atoms with E-state index in [9.17, 15) is 9.59 Å². The Labute approximate surface area is 75.7 Å². The molecule has 0 saturated carbocycles. The molecule has 0 aliphatic carbocycles. The minimum atomic E-state index is -1.11. The van der Waals surface area contributed by atoms with Crippen molar-refractivity contribution < 1.29 is 14.7 Å². The summed E-state index contributed by atoms with van der Waals surface area (Å²) in [5, 5.41) is 10.9. The molecule has 1 aliphatic heterocycles. The number of hydrogen-bond donors (Lipinski definition) is 3. The van der Waals surface area contributed by atoms with Crippen LogP contribution in [0.4, 0.5) is 4.79 Å². The molecule has 0 unspecified atom stereocenters. The highest BCUT2D eigenvalue weighted by molar-refractivity contribution is 5.77. The number of likely N-dealkylation sites (tertiary alicyclic amines) is 1. The van der Waals surface area contributed by atoms with E-state index in [-0.39, 0.29) is 12.6 Å². The van der Waals surface area contributed by atoms with Crippen LogP contribution < -0.4 is 11.1 Å². The van der Waals surface area contributed by atoms with Crippen molar-refractivity contribution in [3.8, 4) is 0 Å². The summed E-state index contributed by atoms with van der Waals surface area (Å²) in [6.45, 7) is 1.47. The van der Waals surface area contributed by atoms with Crippen LogP contribution in [0.5, 0.6) is 0 Å². The second kappa shape index (κ2) is 4.08. The molecule has 6 nitrogen and oxygen atoms in total. The monoisotopic (exact) mass is 187 g/mol. The minimum Gasteiger partial charge on any atom is -0.480 e. The van der Waals surface area contributed by atoms with Crippen molar-refractivity contribution >= 4 is 12.0 Å². The van der Waals surface area contributed by atoms with Crippen LogP contribution in [0.25, 0.3) is 0 Å². The topological polar surface area (TPSA) is 95.7 Å². The summed E-state index contributed by atoms with van der Waals surface area (Å²) in [5.41, 5.74) is 5.19. The molecule has 1 aliphatic rings. The lowest BCUT2D eigenvalue weighted by Gasteiger charge is -2.31. The van der Waals surface area contributed by atoms with Gasteiger partial charge in [0.05, 0.1) is 0 Å². The van der Waals surface area contributed by atoms with Gasteiger partial charge in [-0.15, -0.1) is 0 Å². The zero-order valence-electron chi connectivity index (χ0n) is 7.19. The molecule has 2 amide bonds. The summed E-state index contributed by atoms with van der Waals surface area (Å²) in [6.07, 6.45) is 1.01. The van der Waals surface area contributed by atoms with Crippen LogP contribution >= 0.6 is 0 Å². The number of aliphatic carboxylic acids is 1. The van der Waals surface area contributed by atoms with Crippen LogP contribution in [0.15, 0.2) is 0 Å². The van der Waals surface area contributed by atoms with Crippen LogP contribution in [0.2, 0.25) is 0 Å². The number of carboxylic acid groups (broad SMARTS) is 1. The van der Waals surface area contributed by atoms with Gasteiger partial charge >= 0.3 is 12.0 Å². The Morgan fingerprint density at radius 1 is 1.54 bits per heavy atom. The number of carbonyl (C=O) groups excluding carboxylic acids is 1. The highest BCUT2D eigenvalue weighted by atomic mass is 16.4. The van der Waals surface area contributed by atoms with Gasteiger partial charge in [-0.3, -0.25) is 4.79 Å². The minimum absolute atomic E-state index is 0.0231. The molecule has 0 aromatic carbocycles. The Kier molecular flexibility index (Phi) is 3.07. The summed E-state index contributed by atoms with van der Waals surface area (Å²) in [4.78, 5) is 23.0. The lowest BCUT2D eigenvalue weighted by atomic mass is 10.2. The second-order valence-electron chi connectivity index (χ2n) is 2.97. The third-order valence-corrected chi connectivity index (χ3v) is 1.93. The maximum Gasteiger partial charge on any atom is 0.322 e. The molecule has 13 heavy (non-hydrogen) atoms. The van der Waals surface area contributed by atoms with Crippen LogP contribution in [0.1, 0.15) is 6.42 Å². The quantitative estimate of drug-likeness (QED) is 0.518. The molecule has 0 radical (unpaired) electrons. The zero-order chi connectivity index (χ0) is 9.84. The van der Waals surface area contributed by atoms with Crippen molar-refractivity contribution in [3.05, 3.63) is 0 Å². The van der Waals surface area contributed by atoms with E-state index in [1.807, 2.05) is 0 Å². The molecule has 1 rings (SSSR count). The number of carbonyl (C=O) groups is 2. The molecule has 0 aromatic heterocycles. The van der Waals surface area contributed by atoms with Crippen molar-refractivity contribution in [2.45, 2.75) is 12.5 Å². The lowest BCUT2D eigenvalue weighted by molar-refractivity contribution is -0.138. The Hall–Kier alpha value is -1.30. The third-order valence-electron chi connectivity index (χ3n) is 1.93. The fourth-order valence-electron chi connectivity index (χ4n) is 0.916. The van der Waals surface area contributed by atoms with Gasteiger partial charge in [0.25, 0.3) is 0 Å². The van der Waals surface area contributed by atoms with E-state index in [0.29, 0.717) is 0 Å². The van der Waals surface area contributed by atoms with Crippen LogP contribution in [0, 0.1) is 0 Å². The maximum atomic E-state index is 11.1. The fraction of sp³-hybridized carbons (Fsp3) is 0.714. The van der Waals surface area contributed by atoms with Gasteiger partial charge in [0.15, 0.2) is 0 Å². The Morgan fingerprint density at radius 2 is 2.15 bits per heavy atom. The van der Waals surface area contributed by atoms with Gasteiger partial charge in [-0.05, 0) is 6.42 Å². The molecule has 1 saturated heterocycles. The van der Waals surface area contributed by atoms with Crippen molar-refractivity contribution in [1.82, 2.24) is 10.2 Å². The van der Waals surface area contributed by atoms with Gasteiger partial charge in [-0.25, -0.2) is 4.79 Å². The lowest BCUT2D eigenvalue weighted by Crippen LogP contribution is -2.51. The molecule has 0 spiro atoms. The van der Waals surface area contributed by atoms with E-state index in [1.165, 1.54) is 0 Å². The first-order valence-corrected chi connectivity index (χ1v) is 4.12. The van der Waals surface area contributed by atoms with Gasteiger partial charge in [-0.2, -0.15) is 0 Å². The van der Waals surface area contributed by atoms with E-state index in [4.69, 9.17) is 10.8 Å². The number of hydrogen-bond acceptors (Lipinski definition) is 3. The molecular weight excluding hydrogens is 174 g/mol. The van der Waals surface area contributed by atoms with E-state index >= 15 is 0 Å². The fourth-order valence-corrected chi connectivity index (χ4v) is 0.916. The molecule has 1 fully saturated rings. The SMILES string of the molecule is N[C@@H](CNC(=O)N1CCC1)C(=O)O. The molecule has 1 heterocycles. The van der Waals surface area contributed by atoms with Crippen molar-refractivity contribution in [3.63, 3.8) is 0 Å². The number of carboxylic acids is 1. The predicted molar refractivity (Wildman–Crippen MR) is 45.2 cm³/mol. The highest BCUT2D eigenvalue weighted by Gasteiger charge is 2.21. The Morgan fingerprint density at radius 3 is 2.54 bits per heavy atom. The Bertz CT molecular complexity index is 215. The van der Waals surface area contributed by atoms with Gasteiger partial charge in [0.2, 0.25) is 0 Å². The largest absolute Gasteiger partial charge is 0.480 e. The van der Waals surface area contributed by atoms with E-state index in [0.717, 1.165) is 19.5 Å². The highest BCUT2D eigenvalue weighted by Crippen LogP contribution is 2.04. The second-order valence-corrected chi connectivity index (χ2v) is 2.97. The summed E-state index contributed by atoms with van der Waals surface area (Å²) in [6, 6.07) is -1.26. The number of rotatable bonds is 3. The summed E-state index contributed by atoms with van der Waals surface area (Å²) in [5.74, 6) is -1.11. The number of amides is 2. The molecule has 6 heteroatoms. The summed E-state index contributed by atoms with van der Waals surface area (Å²) in [7, 11) is 0. The summed E-state index contributed by atoms with van der Waals surface area (Å²) < 4.78 is 0. The molecule has 0 aromatic rings. The van der Waals surface area contributed by atoms with Crippen LogP contribution in [0.3, 0.4) is 0 Å². The number of nitrogens with zero attached hydrogens (tertiary/aromatic N) is 1. The van der Waals surface area contributed by atoms with Gasteiger partial charge in [0.1, 0.15) is 6.04 Å².